The molecule has 6 heteroatoms. The van der Waals surface area contributed by atoms with Crippen LogP contribution in [0.5, 0.6) is 0 Å². The molecule has 0 amide bonds. The highest BCUT2D eigenvalue weighted by Gasteiger charge is 2.27. The average Bonchev–Trinajstić information content (AvgIpc) is 3.10. The molecule has 0 N–H and O–H groups in total. The molecule has 0 aliphatic carbocycles. The second kappa shape index (κ2) is 6.20. The van der Waals surface area contributed by atoms with Crippen LogP contribution in [-0.4, -0.2) is 46.9 Å². The van der Waals surface area contributed by atoms with Crippen LogP contribution in [-0.2, 0) is 6.54 Å². The third-order valence-corrected chi connectivity index (χ3v) is 5.29. The van der Waals surface area contributed by atoms with Crippen molar-refractivity contribution >= 4 is 16.3 Å². The van der Waals surface area contributed by atoms with Gasteiger partial charge in [0.15, 0.2) is 0 Å². The highest BCUT2D eigenvalue weighted by atomic mass is 32.1. The molecular formula is C14H21N3O2S. The van der Waals surface area contributed by atoms with Crippen LogP contribution < -0.4 is 0 Å². The van der Waals surface area contributed by atoms with E-state index in [2.05, 4.69) is 9.80 Å². The van der Waals surface area contributed by atoms with Crippen LogP contribution in [0.3, 0.4) is 0 Å². The van der Waals surface area contributed by atoms with E-state index in [9.17, 15) is 10.1 Å². The summed E-state index contributed by atoms with van der Waals surface area (Å²) in [4.78, 5) is 15.5. The van der Waals surface area contributed by atoms with Gasteiger partial charge >= 0.3 is 5.00 Å². The lowest BCUT2D eigenvalue weighted by molar-refractivity contribution is -0.380. The summed E-state index contributed by atoms with van der Waals surface area (Å²) in [5, 5.41) is 12.9. The molecule has 2 aliphatic heterocycles. The van der Waals surface area contributed by atoms with Crippen molar-refractivity contribution < 1.29 is 4.92 Å². The Kier molecular flexibility index (Phi) is 4.33. The molecule has 2 aliphatic rings. The number of hydrogen-bond donors (Lipinski definition) is 0. The largest absolute Gasteiger partial charge is 0.324 e. The Hall–Kier alpha value is -0.980. The number of nitro groups is 1. The van der Waals surface area contributed by atoms with Crippen LogP contribution in [0.4, 0.5) is 5.00 Å². The van der Waals surface area contributed by atoms with Gasteiger partial charge in [0.25, 0.3) is 0 Å². The number of rotatable bonds is 4. The van der Waals surface area contributed by atoms with Gasteiger partial charge in [-0.25, -0.2) is 0 Å². The zero-order chi connectivity index (χ0) is 13.9. The topological polar surface area (TPSA) is 49.6 Å². The molecule has 0 saturated carbocycles. The van der Waals surface area contributed by atoms with Gasteiger partial charge in [0.1, 0.15) is 0 Å². The van der Waals surface area contributed by atoms with E-state index in [1.807, 2.05) is 5.38 Å². The molecule has 3 heterocycles. The highest BCUT2D eigenvalue weighted by Crippen LogP contribution is 2.26. The SMILES string of the molecule is O=[N+]([O-])c1cc(CN2CCC[C@@H](N3CCCC3)C2)cs1. The van der Waals surface area contributed by atoms with Crippen molar-refractivity contribution in [3.8, 4) is 0 Å². The molecule has 110 valence electrons. The predicted octanol–water partition coefficient (Wildman–Crippen LogP) is 2.72. The Labute approximate surface area is 123 Å². The molecule has 0 radical (unpaired) electrons. The maximum absolute atomic E-state index is 10.7. The van der Waals surface area contributed by atoms with Crippen molar-refractivity contribution in [2.75, 3.05) is 26.2 Å². The zero-order valence-corrected chi connectivity index (χ0v) is 12.5. The summed E-state index contributed by atoms with van der Waals surface area (Å²) in [6.45, 7) is 5.59. The van der Waals surface area contributed by atoms with Crippen LogP contribution in [0.25, 0.3) is 0 Å². The average molecular weight is 295 g/mol. The van der Waals surface area contributed by atoms with Gasteiger partial charge in [0.2, 0.25) is 0 Å². The van der Waals surface area contributed by atoms with E-state index in [1.54, 1.807) is 6.07 Å². The van der Waals surface area contributed by atoms with Gasteiger partial charge in [-0.3, -0.25) is 19.9 Å². The van der Waals surface area contributed by atoms with Crippen molar-refractivity contribution in [2.45, 2.75) is 38.3 Å². The first-order chi connectivity index (χ1) is 9.72. The van der Waals surface area contributed by atoms with Gasteiger partial charge in [0, 0.05) is 30.6 Å². The molecule has 0 unspecified atom stereocenters. The van der Waals surface area contributed by atoms with E-state index in [4.69, 9.17) is 0 Å². The quantitative estimate of drug-likeness (QED) is 0.633. The summed E-state index contributed by atoms with van der Waals surface area (Å²) >= 11 is 1.24. The fourth-order valence-electron chi connectivity index (χ4n) is 3.38. The number of likely N-dealkylation sites (tertiary alicyclic amines) is 2. The molecule has 5 nitrogen and oxygen atoms in total. The second-order valence-corrected chi connectivity index (χ2v) is 6.71. The number of hydrogen-bond acceptors (Lipinski definition) is 5. The second-order valence-electron chi connectivity index (χ2n) is 5.82. The fourth-order valence-corrected chi connectivity index (χ4v) is 4.10. The molecule has 0 spiro atoms. The minimum atomic E-state index is -0.294. The summed E-state index contributed by atoms with van der Waals surface area (Å²) in [5.74, 6) is 0. The Morgan fingerprint density at radius 1 is 1.30 bits per heavy atom. The number of nitrogens with zero attached hydrogens (tertiary/aromatic N) is 3. The molecule has 0 bridgehead atoms. The first-order valence-electron chi connectivity index (χ1n) is 7.40. The van der Waals surface area contributed by atoms with Crippen LogP contribution in [0, 0.1) is 10.1 Å². The zero-order valence-electron chi connectivity index (χ0n) is 11.7. The van der Waals surface area contributed by atoms with E-state index in [-0.39, 0.29) is 9.92 Å². The van der Waals surface area contributed by atoms with Crippen LogP contribution in [0.2, 0.25) is 0 Å². The van der Waals surface area contributed by atoms with Gasteiger partial charge in [-0.05, 0) is 50.9 Å². The van der Waals surface area contributed by atoms with E-state index < -0.39 is 0 Å². The first-order valence-corrected chi connectivity index (χ1v) is 8.28. The van der Waals surface area contributed by atoms with Crippen molar-refractivity contribution in [1.29, 1.82) is 0 Å². The third-order valence-electron chi connectivity index (χ3n) is 4.36. The minimum absolute atomic E-state index is 0.258. The van der Waals surface area contributed by atoms with E-state index >= 15 is 0 Å². The fraction of sp³-hybridized carbons (Fsp3) is 0.714. The van der Waals surface area contributed by atoms with Crippen molar-refractivity contribution in [2.24, 2.45) is 0 Å². The molecular weight excluding hydrogens is 274 g/mol. The summed E-state index contributed by atoms with van der Waals surface area (Å²) in [7, 11) is 0. The van der Waals surface area contributed by atoms with Gasteiger partial charge in [-0.2, -0.15) is 0 Å². The van der Waals surface area contributed by atoms with E-state index in [0.29, 0.717) is 6.04 Å². The third kappa shape index (κ3) is 3.19. The van der Waals surface area contributed by atoms with E-state index in [0.717, 1.165) is 25.2 Å². The normalized spacial score (nSPS) is 25.1. The Balaban J connectivity index is 1.57. The molecule has 0 aromatic carbocycles. The first kappa shape index (κ1) is 14.0. The van der Waals surface area contributed by atoms with Gasteiger partial charge < -0.3 is 0 Å². The molecule has 20 heavy (non-hydrogen) atoms. The standard InChI is InChI=1S/C14H21N3O2S/c18-17(19)14-8-12(11-20-14)9-15-5-3-4-13(10-15)16-6-1-2-7-16/h8,11,13H,1-7,9-10H2/t13-/m1/s1. The monoisotopic (exact) mass is 295 g/mol. The molecule has 1 aromatic rings. The lowest BCUT2D eigenvalue weighted by Gasteiger charge is -2.37. The van der Waals surface area contributed by atoms with Crippen LogP contribution in [0.15, 0.2) is 11.4 Å². The van der Waals surface area contributed by atoms with Crippen LogP contribution >= 0.6 is 11.3 Å². The number of thiophene rings is 1. The smallest absolute Gasteiger partial charge is 0.299 e. The predicted molar refractivity (Wildman–Crippen MR) is 80.1 cm³/mol. The summed E-state index contributed by atoms with van der Waals surface area (Å²) < 4.78 is 0. The lowest BCUT2D eigenvalue weighted by atomic mass is 10.0. The lowest BCUT2D eigenvalue weighted by Crippen LogP contribution is -2.46. The maximum Gasteiger partial charge on any atom is 0.324 e. The Morgan fingerprint density at radius 2 is 2.10 bits per heavy atom. The molecule has 2 saturated heterocycles. The highest BCUT2D eigenvalue weighted by molar-refractivity contribution is 7.13. The van der Waals surface area contributed by atoms with Crippen molar-refractivity contribution in [3.63, 3.8) is 0 Å². The van der Waals surface area contributed by atoms with Crippen molar-refractivity contribution in [1.82, 2.24) is 9.80 Å². The number of piperidine rings is 1. The Bertz CT molecular complexity index is 471. The van der Waals surface area contributed by atoms with Gasteiger partial charge in [-0.1, -0.05) is 11.3 Å². The summed E-state index contributed by atoms with van der Waals surface area (Å²) in [6, 6.07) is 2.42. The Morgan fingerprint density at radius 3 is 2.80 bits per heavy atom. The molecule has 1 aromatic heterocycles. The van der Waals surface area contributed by atoms with Gasteiger partial charge in [0.05, 0.1) is 4.92 Å². The maximum atomic E-state index is 10.7. The van der Waals surface area contributed by atoms with Gasteiger partial charge in [-0.15, -0.1) is 0 Å². The summed E-state index contributed by atoms with van der Waals surface area (Å²) in [6.07, 6.45) is 5.23. The van der Waals surface area contributed by atoms with Crippen molar-refractivity contribution in [3.05, 3.63) is 27.1 Å². The summed E-state index contributed by atoms with van der Waals surface area (Å²) in [5.41, 5.74) is 1.09. The van der Waals surface area contributed by atoms with E-state index in [1.165, 1.54) is 50.1 Å². The minimum Gasteiger partial charge on any atom is -0.299 e. The molecule has 1 atom stereocenters. The van der Waals surface area contributed by atoms with Crippen LogP contribution in [0.1, 0.15) is 31.2 Å². The molecule has 2 fully saturated rings. The molecule has 3 rings (SSSR count).